The van der Waals surface area contributed by atoms with E-state index in [4.69, 9.17) is 4.74 Å². The summed E-state index contributed by atoms with van der Waals surface area (Å²) in [4.78, 5) is 19.8. The second-order valence-corrected chi connectivity index (χ2v) is 6.93. The zero-order valence-electron chi connectivity index (χ0n) is 13.4. The Labute approximate surface area is 140 Å². The van der Waals surface area contributed by atoms with Gasteiger partial charge in [0.15, 0.2) is 5.16 Å². The van der Waals surface area contributed by atoms with E-state index in [2.05, 4.69) is 15.3 Å². The predicted octanol–water partition coefficient (Wildman–Crippen LogP) is 3.50. The van der Waals surface area contributed by atoms with E-state index in [1.54, 1.807) is 7.11 Å². The lowest BCUT2D eigenvalue weighted by molar-refractivity contribution is -0.119. The van der Waals surface area contributed by atoms with Crippen molar-refractivity contribution >= 4 is 28.7 Å². The molecule has 1 fully saturated rings. The first-order valence-corrected chi connectivity index (χ1v) is 9.19. The zero-order valence-corrected chi connectivity index (χ0v) is 14.2. The van der Waals surface area contributed by atoms with Crippen molar-refractivity contribution in [3.63, 3.8) is 0 Å². The molecule has 1 aromatic carbocycles. The normalized spacial score (nSPS) is 16.2. The number of nitrogens with zero attached hydrogens (tertiary/aromatic N) is 1. The van der Waals surface area contributed by atoms with Crippen LogP contribution in [0.5, 0.6) is 5.75 Å². The number of hydrogen-bond acceptors (Lipinski definition) is 4. The Morgan fingerprint density at radius 2 is 2.13 bits per heavy atom. The lowest BCUT2D eigenvalue weighted by atomic mass is 10.1. The maximum absolute atomic E-state index is 12.1. The van der Waals surface area contributed by atoms with E-state index in [0.717, 1.165) is 34.8 Å². The molecule has 0 saturated heterocycles. The number of imidazole rings is 1. The standard InChI is InChI=1S/C17H23N3O2S/c1-22-13-8-9-14-15(10-13)20-17(19-14)23-11-16(21)18-12-6-4-2-3-5-7-12/h8-10,12H,2-7,11H2,1H3,(H,18,21)(H,19,20). The maximum Gasteiger partial charge on any atom is 0.230 e. The number of hydrogen-bond donors (Lipinski definition) is 2. The van der Waals surface area contributed by atoms with Crippen LogP contribution in [0.25, 0.3) is 11.0 Å². The minimum absolute atomic E-state index is 0.0972. The van der Waals surface area contributed by atoms with Crippen molar-refractivity contribution in [2.24, 2.45) is 0 Å². The van der Waals surface area contributed by atoms with Crippen molar-refractivity contribution in [2.75, 3.05) is 12.9 Å². The van der Waals surface area contributed by atoms with Gasteiger partial charge in [0, 0.05) is 12.1 Å². The van der Waals surface area contributed by atoms with Crippen molar-refractivity contribution in [2.45, 2.75) is 49.7 Å². The molecule has 3 rings (SSSR count). The summed E-state index contributed by atoms with van der Waals surface area (Å²) in [5.41, 5.74) is 1.81. The molecule has 0 radical (unpaired) electrons. The number of carbonyl (C=O) groups is 1. The number of ether oxygens (including phenoxy) is 1. The van der Waals surface area contributed by atoms with Gasteiger partial charge in [-0.2, -0.15) is 0 Å². The fraction of sp³-hybridized carbons (Fsp3) is 0.529. The minimum atomic E-state index is 0.0972. The fourth-order valence-corrected chi connectivity index (χ4v) is 3.68. The van der Waals surface area contributed by atoms with Gasteiger partial charge in [0.25, 0.3) is 0 Å². The van der Waals surface area contributed by atoms with Gasteiger partial charge in [-0.05, 0) is 25.0 Å². The van der Waals surface area contributed by atoms with Crippen LogP contribution < -0.4 is 10.1 Å². The van der Waals surface area contributed by atoms with Gasteiger partial charge in [0.1, 0.15) is 5.75 Å². The Morgan fingerprint density at radius 1 is 1.35 bits per heavy atom. The molecule has 0 atom stereocenters. The number of amides is 1. The summed E-state index contributed by atoms with van der Waals surface area (Å²) in [7, 11) is 1.64. The molecular formula is C17H23N3O2S. The Hall–Kier alpha value is -1.69. The van der Waals surface area contributed by atoms with Gasteiger partial charge in [-0.3, -0.25) is 4.79 Å². The molecule has 5 nitrogen and oxygen atoms in total. The smallest absolute Gasteiger partial charge is 0.230 e. The van der Waals surface area contributed by atoms with Crippen LogP contribution in [-0.2, 0) is 4.79 Å². The van der Waals surface area contributed by atoms with E-state index in [-0.39, 0.29) is 5.91 Å². The molecular weight excluding hydrogens is 310 g/mol. The minimum Gasteiger partial charge on any atom is -0.497 e. The molecule has 23 heavy (non-hydrogen) atoms. The third-order valence-corrected chi connectivity index (χ3v) is 5.10. The van der Waals surface area contributed by atoms with Gasteiger partial charge in [0.2, 0.25) is 5.91 Å². The third kappa shape index (κ3) is 4.41. The summed E-state index contributed by atoms with van der Waals surface area (Å²) in [5, 5.41) is 3.93. The first-order chi connectivity index (χ1) is 11.2. The van der Waals surface area contributed by atoms with Crippen LogP contribution in [0.4, 0.5) is 0 Å². The van der Waals surface area contributed by atoms with Crippen molar-refractivity contribution < 1.29 is 9.53 Å². The number of aromatic nitrogens is 2. The van der Waals surface area contributed by atoms with E-state index in [0.29, 0.717) is 11.8 Å². The quantitative estimate of drug-likeness (QED) is 0.649. The molecule has 0 bridgehead atoms. The summed E-state index contributed by atoms with van der Waals surface area (Å²) in [6.45, 7) is 0. The van der Waals surface area contributed by atoms with Crippen LogP contribution in [0.2, 0.25) is 0 Å². The number of methoxy groups -OCH3 is 1. The van der Waals surface area contributed by atoms with Gasteiger partial charge in [-0.15, -0.1) is 0 Å². The number of thioether (sulfide) groups is 1. The number of rotatable bonds is 5. The molecule has 0 aliphatic heterocycles. The summed E-state index contributed by atoms with van der Waals surface area (Å²) in [5.74, 6) is 1.29. The Morgan fingerprint density at radius 3 is 2.87 bits per heavy atom. The van der Waals surface area contributed by atoms with Crippen LogP contribution >= 0.6 is 11.8 Å². The van der Waals surface area contributed by atoms with Gasteiger partial charge >= 0.3 is 0 Å². The van der Waals surface area contributed by atoms with Gasteiger partial charge < -0.3 is 15.0 Å². The molecule has 2 aromatic rings. The third-order valence-electron chi connectivity index (χ3n) is 4.23. The Bertz CT molecular complexity index is 663. The molecule has 1 amide bonds. The molecule has 0 unspecified atom stereocenters. The average Bonchev–Trinajstić information content (AvgIpc) is 2.80. The van der Waals surface area contributed by atoms with E-state index >= 15 is 0 Å². The van der Waals surface area contributed by atoms with E-state index < -0.39 is 0 Å². The highest BCUT2D eigenvalue weighted by molar-refractivity contribution is 7.99. The predicted molar refractivity (Wildman–Crippen MR) is 93.0 cm³/mol. The molecule has 1 saturated carbocycles. The first kappa shape index (κ1) is 16.2. The number of H-pyrrole nitrogens is 1. The summed E-state index contributed by atoms with van der Waals surface area (Å²) < 4.78 is 5.21. The summed E-state index contributed by atoms with van der Waals surface area (Å²) in [6, 6.07) is 6.07. The van der Waals surface area contributed by atoms with Crippen molar-refractivity contribution in [3.8, 4) is 5.75 Å². The molecule has 0 spiro atoms. The lowest BCUT2D eigenvalue weighted by Crippen LogP contribution is -2.35. The van der Waals surface area contributed by atoms with Crippen LogP contribution in [-0.4, -0.2) is 34.8 Å². The fourth-order valence-electron chi connectivity index (χ4n) is 2.99. The highest BCUT2D eigenvalue weighted by Crippen LogP contribution is 2.23. The number of aromatic amines is 1. The number of benzene rings is 1. The summed E-state index contributed by atoms with van der Waals surface area (Å²) >= 11 is 1.44. The largest absolute Gasteiger partial charge is 0.497 e. The lowest BCUT2D eigenvalue weighted by Gasteiger charge is -2.15. The van der Waals surface area contributed by atoms with Gasteiger partial charge in [-0.25, -0.2) is 4.98 Å². The molecule has 1 aromatic heterocycles. The summed E-state index contributed by atoms with van der Waals surface area (Å²) in [6.07, 6.45) is 7.27. The monoisotopic (exact) mass is 333 g/mol. The van der Waals surface area contributed by atoms with Gasteiger partial charge in [-0.1, -0.05) is 37.4 Å². The van der Waals surface area contributed by atoms with E-state index in [1.807, 2.05) is 18.2 Å². The molecule has 1 aliphatic carbocycles. The molecule has 6 heteroatoms. The maximum atomic E-state index is 12.1. The first-order valence-electron chi connectivity index (χ1n) is 8.20. The van der Waals surface area contributed by atoms with Crippen LogP contribution in [0.3, 0.4) is 0 Å². The number of fused-ring (bicyclic) bond motifs is 1. The topological polar surface area (TPSA) is 67.0 Å². The van der Waals surface area contributed by atoms with Crippen LogP contribution in [0.15, 0.2) is 23.4 Å². The second-order valence-electron chi connectivity index (χ2n) is 5.97. The van der Waals surface area contributed by atoms with Crippen molar-refractivity contribution in [3.05, 3.63) is 18.2 Å². The van der Waals surface area contributed by atoms with E-state index in [9.17, 15) is 4.79 Å². The molecule has 2 N–H and O–H groups in total. The van der Waals surface area contributed by atoms with Gasteiger partial charge in [0.05, 0.1) is 23.9 Å². The van der Waals surface area contributed by atoms with Crippen molar-refractivity contribution in [1.82, 2.24) is 15.3 Å². The Kier molecular flexibility index (Phi) is 5.43. The molecule has 1 aliphatic rings. The highest BCUT2D eigenvalue weighted by Gasteiger charge is 2.15. The Balaban J connectivity index is 1.54. The van der Waals surface area contributed by atoms with E-state index in [1.165, 1.54) is 37.4 Å². The SMILES string of the molecule is COc1ccc2nc(SCC(=O)NC3CCCCCC3)[nH]c2c1. The van der Waals surface area contributed by atoms with Crippen molar-refractivity contribution in [1.29, 1.82) is 0 Å². The highest BCUT2D eigenvalue weighted by atomic mass is 32.2. The van der Waals surface area contributed by atoms with Crippen LogP contribution in [0.1, 0.15) is 38.5 Å². The molecule has 124 valence electrons. The number of nitrogens with one attached hydrogen (secondary N) is 2. The number of carbonyl (C=O) groups excluding carboxylic acids is 1. The van der Waals surface area contributed by atoms with Crippen LogP contribution in [0, 0.1) is 0 Å². The second kappa shape index (κ2) is 7.73. The average molecular weight is 333 g/mol. The molecule has 1 heterocycles. The zero-order chi connectivity index (χ0) is 16.1.